The number of primary amides is 1. The van der Waals surface area contributed by atoms with Gasteiger partial charge in [0.25, 0.3) is 0 Å². The largest absolute Gasteiger partial charge is 0.369 e. The van der Waals surface area contributed by atoms with E-state index < -0.39 is 40.9 Å². The first-order chi connectivity index (χ1) is 16.7. The number of nitrogens with two attached hydrogens (primary N) is 1. The number of amides is 4. The Morgan fingerprint density at radius 2 is 1.74 bits per heavy atom. The van der Waals surface area contributed by atoms with Gasteiger partial charge in [-0.25, -0.2) is 4.39 Å². The summed E-state index contributed by atoms with van der Waals surface area (Å²) in [5.41, 5.74) is 6.85. The predicted molar refractivity (Wildman–Crippen MR) is 132 cm³/mol. The van der Waals surface area contributed by atoms with Crippen molar-refractivity contribution in [2.75, 3.05) is 6.54 Å². The molecule has 8 nitrogen and oxygen atoms in total. The molecule has 4 atom stereocenters. The highest BCUT2D eigenvalue weighted by atomic mass is 32.1. The second-order valence-corrected chi connectivity index (χ2v) is 9.14. The van der Waals surface area contributed by atoms with Crippen LogP contribution < -0.4 is 21.7 Å². The van der Waals surface area contributed by atoms with Gasteiger partial charge in [0.05, 0.1) is 12.5 Å². The molecule has 2 aromatic rings. The van der Waals surface area contributed by atoms with Crippen molar-refractivity contribution in [3.63, 3.8) is 0 Å². The van der Waals surface area contributed by atoms with Crippen LogP contribution in [0.2, 0.25) is 0 Å². The summed E-state index contributed by atoms with van der Waals surface area (Å²) in [7, 11) is 0. The molecule has 0 saturated carbocycles. The fraction of sp³-hybridized carbons (Fsp3) is 0.360. The molecule has 3 rings (SSSR count). The maximum Gasteiger partial charge on any atom is 0.243 e. The second kappa shape index (κ2) is 12.3. The summed E-state index contributed by atoms with van der Waals surface area (Å²) in [6, 6.07) is 12.9. The number of hydrogen-bond acceptors (Lipinski definition) is 5. The molecule has 10 heteroatoms. The zero-order chi connectivity index (χ0) is 25.4. The molecular formula is C25H29FN4O4S. The number of benzene rings is 2. The highest BCUT2D eigenvalue weighted by Gasteiger charge is 2.34. The van der Waals surface area contributed by atoms with E-state index >= 15 is 0 Å². The number of carbonyl (C=O) groups is 4. The molecular weight excluding hydrogens is 471 g/mol. The van der Waals surface area contributed by atoms with Crippen LogP contribution in [0.1, 0.15) is 24.0 Å². The molecule has 1 fully saturated rings. The maximum absolute atomic E-state index is 13.3. The van der Waals surface area contributed by atoms with Crippen molar-refractivity contribution >= 4 is 36.3 Å². The van der Waals surface area contributed by atoms with E-state index in [1.54, 1.807) is 0 Å². The van der Waals surface area contributed by atoms with Gasteiger partial charge < -0.3 is 21.7 Å². The van der Waals surface area contributed by atoms with Crippen LogP contribution in [0.4, 0.5) is 4.39 Å². The zero-order valence-corrected chi connectivity index (χ0v) is 20.0. The molecule has 1 heterocycles. The van der Waals surface area contributed by atoms with Crippen LogP contribution in [0.15, 0.2) is 54.6 Å². The van der Waals surface area contributed by atoms with Gasteiger partial charge in [0.15, 0.2) is 0 Å². The molecule has 0 bridgehead atoms. The quantitative estimate of drug-likeness (QED) is 0.293. The lowest BCUT2D eigenvalue weighted by molar-refractivity contribution is -0.130. The van der Waals surface area contributed by atoms with E-state index in [9.17, 15) is 23.6 Å². The lowest BCUT2D eigenvalue weighted by Gasteiger charge is -2.27. The number of rotatable bonds is 11. The van der Waals surface area contributed by atoms with Crippen LogP contribution in [0.3, 0.4) is 0 Å². The Morgan fingerprint density at radius 3 is 2.34 bits per heavy atom. The minimum atomic E-state index is -1.01. The number of thiol groups is 1. The number of halogens is 1. The van der Waals surface area contributed by atoms with E-state index in [2.05, 4.69) is 28.6 Å². The Kier molecular flexibility index (Phi) is 9.25. The smallest absolute Gasteiger partial charge is 0.243 e. The third-order valence-corrected chi connectivity index (χ3v) is 6.53. The third-order valence-electron chi connectivity index (χ3n) is 5.91. The fourth-order valence-corrected chi connectivity index (χ4v) is 4.21. The van der Waals surface area contributed by atoms with Gasteiger partial charge in [-0.2, -0.15) is 12.6 Å². The molecule has 1 aliphatic rings. The van der Waals surface area contributed by atoms with E-state index in [1.165, 1.54) is 24.3 Å². The second-order valence-electron chi connectivity index (χ2n) is 8.59. The molecule has 1 saturated heterocycles. The summed E-state index contributed by atoms with van der Waals surface area (Å²) in [5, 5.41) is 7.24. The van der Waals surface area contributed by atoms with Crippen molar-refractivity contribution in [3.05, 3.63) is 71.5 Å². The molecule has 186 valence electrons. The molecule has 5 N–H and O–H groups in total. The van der Waals surface area contributed by atoms with Crippen LogP contribution in [-0.2, 0) is 32.0 Å². The van der Waals surface area contributed by atoms with Gasteiger partial charge in [-0.3, -0.25) is 19.2 Å². The summed E-state index contributed by atoms with van der Waals surface area (Å²) in [5.74, 6) is -2.61. The lowest BCUT2D eigenvalue weighted by atomic mass is 9.95. The summed E-state index contributed by atoms with van der Waals surface area (Å²) in [4.78, 5) is 49.9. The molecule has 2 aromatic carbocycles. The number of carbonyl (C=O) groups excluding carboxylic acids is 4. The normalized spacial score (nSPS) is 17.7. The summed E-state index contributed by atoms with van der Waals surface area (Å²) in [6.07, 6.45) is 0.926. The minimum absolute atomic E-state index is 0.0407. The van der Waals surface area contributed by atoms with Crippen molar-refractivity contribution in [2.24, 2.45) is 11.7 Å². The van der Waals surface area contributed by atoms with Gasteiger partial charge in [0, 0.05) is 18.9 Å². The van der Waals surface area contributed by atoms with Crippen molar-refractivity contribution in [1.82, 2.24) is 16.0 Å². The molecule has 0 unspecified atom stereocenters. The van der Waals surface area contributed by atoms with Crippen LogP contribution in [0.25, 0.3) is 0 Å². The van der Waals surface area contributed by atoms with Crippen LogP contribution in [-0.4, -0.2) is 47.5 Å². The standard InChI is InChI=1S/C25H29FN4O4S/c26-18-8-6-16(7-9-18)13-21(31)29-20(12-15-4-2-1-3-5-15)25(34)30-19(22(35)23(27)32)14-17-10-11-28-24(17)33/h1-9,17,19-20,22,35H,10-14H2,(H2,27,32)(H,28,33)(H,29,31)(H,30,34)/t17-,19-,20-,22-/m0/s1. The average Bonchev–Trinajstić information content (AvgIpc) is 3.24. The molecule has 1 aliphatic heterocycles. The van der Waals surface area contributed by atoms with Crippen LogP contribution in [0, 0.1) is 11.7 Å². The monoisotopic (exact) mass is 500 g/mol. The summed E-state index contributed by atoms with van der Waals surface area (Å²) >= 11 is 4.27. The molecule has 0 aliphatic carbocycles. The van der Waals surface area contributed by atoms with E-state index in [-0.39, 0.29) is 31.1 Å². The highest BCUT2D eigenvalue weighted by Crippen LogP contribution is 2.20. The highest BCUT2D eigenvalue weighted by molar-refractivity contribution is 7.81. The number of hydrogen-bond donors (Lipinski definition) is 5. The van der Waals surface area contributed by atoms with Crippen molar-refractivity contribution in [3.8, 4) is 0 Å². The maximum atomic E-state index is 13.3. The third kappa shape index (κ3) is 7.81. The topological polar surface area (TPSA) is 130 Å². The predicted octanol–water partition coefficient (Wildman–Crippen LogP) is 0.890. The Balaban J connectivity index is 1.75. The molecule has 4 amide bonds. The van der Waals surface area contributed by atoms with E-state index in [4.69, 9.17) is 5.73 Å². The van der Waals surface area contributed by atoms with Gasteiger partial charge in [-0.05, 0) is 36.1 Å². The van der Waals surface area contributed by atoms with Crippen molar-refractivity contribution in [1.29, 1.82) is 0 Å². The average molecular weight is 501 g/mol. The van der Waals surface area contributed by atoms with E-state index in [0.29, 0.717) is 18.5 Å². The molecule has 0 spiro atoms. The zero-order valence-electron chi connectivity index (χ0n) is 19.1. The van der Waals surface area contributed by atoms with Gasteiger partial charge in [0.2, 0.25) is 23.6 Å². The number of nitrogens with one attached hydrogen (secondary N) is 3. The van der Waals surface area contributed by atoms with Gasteiger partial charge >= 0.3 is 0 Å². The first-order valence-electron chi connectivity index (χ1n) is 11.4. The van der Waals surface area contributed by atoms with Crippen LogP contribution >= 0.6 is 12.6 Å². The SMILES string of the molecule is NC(=O)[C@@H](S)[C@H](C[C@@H]1CCNC1=O)NC(=O)[C@H](Cc1ccccc1)NC(=O)Cc1ccc(F)cc1. The van der Waals surface area contributed by atoms with Gasteiger partial charge in [0.1, 0.15) is 17.1 Å². The molecule has 35 heavy (non-hydrogen) atoms. The van der Waals surface area contributed by atoms with E-state index in [1.807, 2.05) is 30.3 Å². The Hall–Kier alpha value is -3.40. The molecule has 0 radical (unpaired) electrons. The van der Waals surface area contributed by atoms with Gasteiger partial charge in [-0.15, -0.1) is 0 Å². The van der Waals surface area contributed by atoms with Gasteiger partial charge in [-0.1, -0.05) is 42.5 Å². The van der Waals surface area contributed by atoms with E-state index in [0.717, 1.165) is 5.56 Å². The van der Waals surface area contributed by atoms with Crippen LogP contribution in [0.5, 0.6) is 0 Å². The first kappa shape index (κ1) is 26.2. The minimum Gasteiger partial charge on any atom is -0.369 e. The summed E-state index contributed by atoms with van der Waals surface area (Å²) < 4.78 is 13.2. The molecule has 0 aromatic heterocycles. The fourth-order valence-electron chi connectivity index (χ4n) is 4.02. The first-order valence-corrected chi connectivity index (χ1v) is 11.9. The van der Waals surface area contributed by atoms with Crippen molar-refractivity contribution < 1.29 is 23.6 Å². The Bertz CT molecular complexity index is 1050. The van der Waals surface area contributed by atoms with Crippen molar-refractivity contribution in [2.45, 2.75) is 43.0 Å². The summed E-state index contributed by atoms with van der Waals surface area (Å²) in [6.45, 7) is 0.522. The Labute approximate surface area is 208 Å². The Morgan fingerprint density at radius 1 is 1.06 bits per heavy atom. The lowest BCUT2D eigenvalue weighted by Crippen LogP contribution is -2.55.